The number of carboxylic acids is 1. The average molecular weight is 321 g/mol. The minimum absolute atomic E-state index is 0.0423. The Morgan fingerprint density at radius 2 is 1.87 bits per heavy atom. The summed E-state index contributed by atoms with van der Waals surface area (Å²) in [5, 5.41) is 27.9. The molecule has 0 bridgehead atoms. The molecule has 126 valence electrons. The SMILES string of the molecule is N=C(N)c1ccc(CCCCNC(=O)C(O)CCC(=O)O)cc1. The molecule has 0 fully saturated rings. The molecule has 0 saturated heterocycles. The molecule has 0 spiro atoms. The molecule has 1 amide bonds. The van der Waals surface area contributed by atoms with E-state index in [1.165, 1.54) is 0 Å². The van der Waals surface area contributed by atoms with Crippen LogP contribution in [-0.4, -0.2) is 40.6 Å². The van der Waals surface area contributed by atoms with Crippen LogP contribution in [0.25, 0.3) is 0 Å². The van der Waals surface area contributed by atoms with Crippen LogP contribution in [0, 0.1) is 5.41 Å². The van der Waals surface area contributed by atoms with E-state index in [0.29, 0.717) is 12.1 Å². The van der Waals surface area contributed by atoms with Gasteiger partial charge in [-0.3, -0.25) is 15.0 Å². The largest absolute Gasteiger partial charge is 0.481 e. The number of hydrogen-bond acceptors (Lipinski definition) is 4. The number of carbonyl (C=O) groups excluding carboxylic acids is 1. The number of nitrogens with two attached hydrogens (primary N) is 1. The molecule has 0 aromatic heterocycles. The second kappa shape index (κ2) is 9.58. The van der Waals surface area contributed by atoms with Gasteiger partial charge in [-0.25, -0.2) is 0 Å². The van der Waals surface area contributed by atoms with Gasteiger partial charge < -0.3 is 21.3 Å². The van der Waals surface area contributed by atoms with Crippen molar-refractivity contribution in [3.8, 4) is 0 Å². The first kappa shape index (κ1) is 18.6. The third-order valence-corrected chi connectivity index (χ3v) is 3.39. The topological polar surface area (TPSA) is 136 Å². The zero-order valence-electron chi connectivity index (χ0n) is 12.9. The zero-order valence-corrected chi connectivity index (χ0v) is 12.9. The van der Waals surface area contributed by atoms with Gasteiger partial charge in [0.25, 0.3) is 0 Å². The molecule has 6 N–H and O–H groups in total. The molecular formula is C16H23N3O4. The van der Waals surface area contributed by atoms with E-state index in [1.54, 1.807) is 12.1 Å². The number of aliphatic hydroxyl groups is 1. The van der Waals surface area contributed by atoms with E-state index in [2.05, 4.69) is 5.32 Å². The molecule has 0 aliphatic heterocycles. The molecular weight excluding hydrogens is 298 g/mol. The van der Waals surface area contributed by atoms with E-state index in [4.69, 9.17) is 16.2 Å². The van der Waals surface area contributed by atoms with Crippen LogP contribution in [0.2, 0.25) is 0 Å². The number of aliphatic hydroxyl groups excluding tert-OH is 1. The maximum atomic E-state index is 11.5. The van der Waals surface area contributed by atoms with Gasteiger partial charge in [0.15, 0.2) is 0 Å². The molecule has 1 atom stereocenters. The first-order valence-corrected chi connectivity index (χ1v) is 7.51. The van der Waals surface area contributed by atoms with E-state index in [-0.39, 0.29) is 18.7 Å². The summed E-state index contributed by atoms with van der Waals surface area (Å²) in [7, 11) is 0. The molecule has 23 heavy (non-hydrogen) atoms. The van der Waals surface area contributed by atoms with Crippen LogP contribution >= 0.6 is 0 Å². The summed E-state index contributed by atoms with van der Waals surface area (Å²) in [6, 6.07) is 7.45. The lowest BCUT2D eigenvalue weighted by Gasteiger charge is -2.10. The van der Waals surface area contributed by atoms with Gasteiger partial charge in [0, 0.05) is 18.5 Å². The standard InChI is InChI=1S/C16H23N3O4/c17-15(18)12-6-4-11(5-7-12)3-1-2-10-19-16(23)13(20)8-9-14(21)22/h4-7,13,20H,1-3,8-10H2,(H3,17,18)(H,19,23)(H,21,22). The highest BCUT2D eigenvalue weighted by atomic mass is 16.4. The first-order valence-electron chi connectivity index (χ1n) is 7.51. The molecule has 1 aromatic carbocycles. The van der Waals surface area contributed by atoms with Gasteiger partial charge >= 0.3 is 5.97 Å². The number of amidine groups is 1. The number of aliphatic carboxylic acids is 1. The normalized spacial score (nSPS) is 11.7. The van der Waals surface area contributed by atoms with Crippen LogP contribution in [0.4, 0.5) is 0 Å². The van der Waals surface area contributed by atoms with Crippen molar-refractivity contribution < 1.29 is 19.8 Å². The van der Waals surface area contributed by atoms with E-state index >= 15 is 0 Å². The maximum absolute atomic E-state index is 11.5. The van der Waals surface area contributed by atoms with Crippen molar-refractivity contribution in [1.29, 1.82) is 5.41 Å². The summed E-state index contributed by atoms with van der Waals surface area (Å²) in [6.45, 7) is 0.439. The Bertz CT molecular complexity index is 543. The summed E-state index contributed by atoms with van der Waals surface area (Å²) in [5.41, 5.74) is 7.20. The molecule has 0 aliphatic carbocycles. The Morgan fingerprint density at radius 1 is 1.22 bits per heavy atom. The maximum Gasteiger partial charge on any atom is 0.303 e. The lowest BCUT2D eigenvalue weighted by Crippen LogP contribution is -2.35. The number of unbranched alkanes of at least 4 members (excludes halogenated alkanes) is 1. The number of benzene rings is 1. The van der Waals surface area contributed by atoms with E-state index in [1.807, 2.05) is 12.1 Å². The second-order valence-electron chi connectivity index (χ2n) is 5.31. The molecule has 1 aromatic rings. The van der Waals surface area contributed by atoms with E-state index in [9.17, 15) is 14.7 Å². The predicted molar refractivity (Wildman–Crippen MR) is 86.3 cm³/mol. The van der Waals surface area contributed by atoms with Crippen molar-refractivity contribution in [2.45, 2.75) is 38.2 Å². The molecule has 7 heteroatoms. The van der Waals surface area contributed by atoms with Crippen molar-refractivity contribution >= 4 is 17.7 Å². The zero-order chi connectivity index (χ0) is 17.2. The highest BCUT2D eigenvalue weighted by Gasteiger charge is 2.15. The monoisotopic (exact) mass is 321 g/mol. The van der Waals surface area contributed by atoms with Crippen molar-refractivity contribution in [2.24, 2.45) is 5.73 Å². The molecule has 0 heterocycles. The lowest BCUT2D eigenvalue weighted by molar-refractivity contribution is -0.138. The van der Waals surface area contributed by atoms with Gasteiger partial charge in [0.2, 0.25) is 5.91 Å². The summed E-state index contributed by atoms with van der Waals surface area (Å²) < 4.78 is 0. The third kappa shape index (κ3) is 7.42. The fraction of sp³-hybridized carbons (Fsp3) is 0.438. The van der Waals surface area contributed by atoms with Gasteiger partial charge in [-0.05, 0) is 31.2 Å². The summed E-state index contributed by atoms with van der Waals surface area (Å²) in [4.78, 5) is 21.9. The number of aryl methyl sites for hydroxylation is 1. The van der Waals surface area contributed by atoms with Crippen LogP contribution in [0.3, 0.4) is 0 Å². The Hall–Kier alpha value is -2.41. The van der Waals surface area contributed by atoms with E-state index < -0.39 is 18.0 Å². The first-order chi connectivity index (χ1) is 10.9. The van der Waals surface area contributed by atoms with Crippen LogP contribution < -0.4 is 11.1 Å². The van der Waals surface area contributed by atoms with Crippen LogP contribution in [0.5, 0.6) is 0 Å². The predicted octanol–water partition coefficient (Wildman–Crippen LogP) is 0.635. The van der Waals surface area contributed by atoms with Gasteiger partial charge in [-0.2, -0.15) is 0 Å². The van der Waals surface area contributed by atoms with Crippen molar-refractivity contribution in [3.05, 3.63) is 35.4 Å². The number of amides is 1. The number of hydrogen-bond donors (Lipinski definition) is 5. The fourth-order valence-electron chi connectivity index (χ4n) is 2.03. The molecule has 0 radical (unpaired) electrons. The average Bonchev–Trinajstić information content (AvgIpc) is 2.52. The minimum Gasteiger partial charge on any atom is -0.481 e. The highest BCUT2D eigenvalue weighted by Crippen LogP contribution is 2.07. The number of nitrogen functional groups attached to an aromatic ring is 1. The number of rotatable bonds is 10. The Kier molecular flexibility index (Phi) is 7.76. The molecule has 1 rings (SSSR count). The third-order valence-electron chi connectivity index (χ3n) is 3.39. The molecule has 0 saturated carbocycles. The Balaban J connectivity index is 2.18. The van der Waals surface area contributed by atoms with Crippen molar-refractivity contribution in [3.63, 3.8) is 0 Å². The van der Waals surface area contributed by atoms with Crippen molar-refractivity contribution in [2.75, 3.05) is 6.54 Å². The number of carboxylic acid groups (broad SMARTS) is 1. The highest BCUT2D eigenvalue weighted by molar-refractivity contribution is 5.94. The van der Waals surface area contributed by atoms with Crippen LogP contribution in [0.1, 0.15) is 36.8 Å². The van der Waals surface area contributed by atoms with Gasteiger partial charge in [0.1, 0.15) is 11.9 Å². The van der Waals surface area contributed by atoms with Crippen LogP contribution in [0.15, 0.2) is 24.3 Å². The Labute approximate surface area is 135 Å². The Morgan fingerprint density at radius 3 is 2.43 bits per heavy atom. The molecule has 7 nitrogen and oxygen atoms in total. The smallest absolute Gasteiger partial charge is 0.303 e. The fourth-order valence-corrected chi connectivity index (χ4v) is 2.03. The number of nitrogens with one attached hydrogen (secondary N) is 2. The second-order valence-corrected chi connectivity index (χ2v) is 5.31. The van der Waals surface area contributed by atoms with Gasteiger partial charge in [-0.1, -0.05) is 24.3 Å². The summed E-state index contributed by atoms with van der Waals surface area (Å²) >= 11 is 0. The van der Waals surface area contributed by atoms with Gasteiger partial charge in [-0.15, -0.1) is 0 Å². The van der Waals surface area contributed by atoms with E-state index in [0.717, 1.165) is 24.8 Å². The van der Waals surface area contributed by atoms with Crippen molar-refractivity contribution in [1.82, 2.24) is 5.32 Å². The molecule has 1 unspecified atom stereocenters. The molecule has 0 aliphatic rings. The quantitative estimate of drug-likeness (QED) is 0.245. The van der Waals surface area contributed by atoms with Crippen LogP contribution in [-0.2, 0) is 16.0 Å². The van der Waals surface area contributed by atoms with Gasteiger partial charge in [0.05, 0.1) is 0 Å². The summed E-state index contributed by atoms with van der Waals surface area (Å²) in [5.74, 6) is -1.52. The minimum atomic E-state index is -1.27. The number of carbonyl (C=O) groups is 2. The summed E-state index contributed by atoms with van der Waals surface area (Å²) in [6.07, 6.45) is 0.881. The lowest BCUT2D eigenvalue weighted by atomic mass is 10.1.